The Morgan fingerprint density at radius 2 is 1.75 bits per heavy atom. The summed E-state index contributed by atoms with van der Waals surface area (Å²) in [6.45, 7) is -1.21. The first-order chi connectivity index (χ1) is 5.70. The van der Waals surface area contributed by atoms with Crippen LogP contribution in [-0.4, -0.2) is 0 Å². The van der Waals surface area contributed by atoms with Crippen molar-refractivity contribution in [1.29, 1.82) is 0 Å². The van der Waals surface area contributed by atoms with Crippen molar-refractivity contribution in [3.63, 3.8) is 0 Å². The summed E-state index contributed by atoms with van der Waals surface area (Å²) in [5.41, 5.74) is 1.01. The Morgan fingerprint density at radius 1 is 1.17 bits per heavy atom. The van der Waals surface area contributed by atoms with Gasteiger partial charge < -0.3 is 0 Å². The van der Waals surface area contributed by atoms with Crippen molar-refractivity contribution < 1.29 is 0 Å². The first-order valence-electron chi connectivity index (χ1n) is 3.24. The largest absolute Gasteiger partial charge is 0.128 e. The highest BCUT2D eigenvalue weighted by Gasteiger charge is 2.03. The molecule has 0 saturated carbocycles. The molecule has 1 rings (SSSR count). The Labute approximate surface area is 87.5 Å². The van der Waals surface area contributed by atoms with Crippen LogP contribution in [0, 0.1) is 0 Å². The van der Waals surface area contributed by atoms with E-state index in [0.29, 0.717) is 4.77 Å². The fourth-order valence-electron chi connectivity index (χ4n) is 0.736. The van der Waals surface area contributed by atoms with Crippen molar-refractivity contribution >= 4 is 46.8 Å². The van der Waals surface area contributed by atoms with Crippen LogP contribution in [0.15, 0.2) is 35.1 Å². The summed E-state index contributed by atoms with van der Waals surface area (Å²) < 4.78 is 0.500. The van der Waals surface area contributed by atoms with E-state index in [2.05, 4.69) is 0 Å². The molecule has 12 heavy (non-hydrogen) atoms. The highest BCUT2D eigenvalue weighted by atomic mass is 35.9. The first-order valence-corrected chi connectivity index (χ1v) is 6.77. The lowest BCUT2D eigenvalue weighted by molar-refractivity contribution is 1.66. The van der Waals surface area contributed by atoms with Gasteiger partial charge in [0.25, 0.3) is 0 Å². The zero-order chi connectivity index (χ0) is 8.97. The summed E-state index contributed by atoms with van der Waals surface area (Å²) >= 11 is 17.0. The molecular weight excluding hydrogens is 233 g/mol. The second-order valence-electron chi connectivity index (χ2n) is 2.11. The van der Waals surface area contributed by atoms with Crippen LogP contribution in [0.3, 0.4) is 0 Å². The van der Waals surface area contributed by atoms with Crippen molar-refractivity contribution in [3.8, 4) is 0 Å². The molecule has 0 N–H and O–H groups in total. The summed E-state index contributed by atoms with van der Waals surface area (Å²) in [5, 5.41) is 0. The second kappa shape index (κ2) is 5.09. The van der Waals surface area contributed by atoms with Gasteiger partial charge in [-0.1, -0.05) is 64.4 Å². The summed E-state index contributed by atoms with van der Waals surface area (Å²) in [4.78, 5) is 0. The molecule has 0 bridgehead atoms. The van der Waals surface area contributed by atoms with Crippen molar-refractivity contribution in [2.45, 2.75) is 0 Å². The summed E-state index contributed by atoms with van der Waals surface area (Å²) in [6.07, 6.45) is 1.77. The van der Waals surface area contributed by atoms with E-state index in [1.54, 1.807) is 6.08 Å². The minimum atomic E-state index is -1.21. The second-order valence-corrected chi connectivity index (χ2v) is 6.28. The number of halogens is 3. The predicted molar refractivity (Wildman–Crippen MR) is 58.9 cm³/mol. The van der Waals surface area contributed by atoms with Gasteiger partial charge in [0.1, 0.15) is 6.63 Å². The van der Waals surface area contributed by atoms with E-state index >= 15 is 0 Å². The molecule has 0 radical (unpaired) electrons. The number of hydrogen-bond donors (Lipinski definition) is 0. The maximum Gasteiger partial charge on any atom is 0.128 e. The lowest BCUT2D eigenvalue weighted by Gasteiger charge is -1.97. The number of hydrogen-bond acceptors (Lipinski definition) is 0. The van der Waals surface area contributed by atoms with Crippen LogP contribution in [-0.2, 0) is 0 Å². The fraction of sp³-hybridized carbons (Fsp3) is 0. The van der Waals surface area contributed by atoms with Crippen molar-refractivity contribution in [2.24, 2.45) is 0 Å². The maximum absolute atomic E-state index is 5.78. The SMILES string of the molecule is ClC(=Cc1ccccc1)P(Cl)Cl. The van der Waals surface area contributed by atoms with Gasteiger partial charge in [-0.25, -0.2) is 0 Å². The molecule has 0 aliphatic rings. The lowest BCUT2D eigenvalue weighted by atomic mass is 10.2. The Morgan fingerprint density at radius 3 is 2.25 bits per heavy atom. The molecule has 0 saturated heterocycles. The van der Waals surface area contributed by atoms with E-state index in [4.69, 9.17) is 34.1 Å². The van der Waals surface area contributed by atoms with Crippen molar-refractivity contribution in [2.75, 3.05) is 0 Å². The van der Waals surface area contributed by atoms with Gasteiger partial charge in [-0.05, 0) is 11.6 Å². The van der Waals surface area contributed by atoms with Gasteiger partial charge in [0.05, 0.1) is 4.77 Å². The molecular formula is C8H6Cl3P. The maximum atomic E-state index is 5.78. The minimum Gasteiger partial charge on any atom is -0.0812 e. The Bertz CT molecular complexity index is 269. The normalized spacial score (nSPS) is 12.2. The average molecular weight is 239 g/mol. The summed E-state index contributed by atoms with van der Waals surface area (Å²) in [7, 11) is 0. The topological polar surface area (TPSA) is 0 Å². The Hall–Kier alpha value is 0.260. The molecule has 0 aliphatic carbocycles. The van der Waals surface area contributed by atoms with Crippen LogP contribution >= 0.6 is 40.7 Å². The third-order valence-corrected chi connectivity index (χ3v) is 3.93. The quantitative estimate of drug-likeness (QED) is 0.636. The lowest BCUT2D eigenvalue weighted by Crippen LogP contribution is -1.68. The van der Waals surface area contributed by atoms with Crippen LogP contribution in [0.2, 0.25) is 0 Å². The van der Waals surface area contributed by atoms with Gasteiger partial charge in [-0.2, -0.15) is 0 Å². The molecule has 0 unspecified atom stereocenters. The molecule has 4 heteroatoms. The molecule has 1 aromatic rings. The summed E-state index contributed by atoms with van der Waals surface area (Å²) in [5.74, 6) is 0. The minimum absolute atomic E-state index is 0.500. The number of benzene rings is 1. The zero-order valence-electron chi connectivity index (χ0n) is 6.05. The molecule has 0 aromatic heterocycles. The third kappa shape index (κ3) is 3.33. The monoisotopic (exact) mass is 238 g/mol. The van der Waals surface area contributed by atoms with Crippen molar-refractivity contribution in [1.82, 2.24) is 0 Å². The summed E-state index contributed by atoms with van der Waals surface area (Å²) in [6, 6.07) is 9.68. The van der Waals surface area contributed by atoms with Crippen LogP contribution in [0.5, 0.6) is 0 Å². The van der Waals surface area contributed by atoms with E-state index in [1.807, 2.05) is 30.3 Å². The van der Waals surface area contributed by atoms with Crippen LogP contribution < -0.4 is 0 Å². The molecule has 0 spiro atoms. The Balaban J connectivity index is 2.81. The zero-order valence-corrected chi connectivity index (χ0v) is 9.21. The Kier molecular flexibility index (Phi) is 4.39. The van der Waals surface area contributed by atoms with E-state index in [-0.39, 0.29) is 0 Å². The van der Waals surface area contributed by atoms with Crippen LogP contribution in [0.1, 0.15) is 5.56 Å². The smallest absolute Gasteiger partial charge is 0.0812 e. The third-order valence-electron chi connectivity index (χ3n) is 1.25. The van der Waals surface area contributed by atoms with Crippen LogP contribution in [0.25, 0.3) is 6.08 Å². The molecule has 0 aliphatic heterocycles. The highest BCUT2D eigenvalue weighted by molar-refractivity contribution is 8.07. The van der Waals surface area contributed by atoms with Gasteiger partial charge >= 0.3 is 0 Å². The molecule has 0 atom stereocenters. The molecule has 64 valence electrons. The van der Waals surface area contributed by atoms with Gasteiger partial charge in [-0.3, -0.25) is 0 Å². The number of rotatable bonds is 2. The van der Waals surface area contributed by atoms with Gasteiger partial charge in [-0.15, -0.1) is 0 Å². The first kappa shape index (κ1) is 10.3. The van der Waals surface area contributed by atoms with Crippen LogP contribution in [0.4, 0.5) is 0 Å². The standard InChI is InChI=1S/C8H6Cl3P/c9-8(12(10)11)6-7-4-2-1-3-5-7/h1-6H. The molecule has 0 nitrogen and oxygen atoms in total. The fourth-order valence-corrected chi connectivity index (χ4v) is 1.40. The average Bonchev–Trinajstić information content (AvgIpc) is 2.06. The molecule has 0 amide bonds. The van der Waals surface area contributed by atoms with Gasteiger partial charge in [0.2, 0.25) is 0 Å². The van der Waals surface area contributed by atoms with Gasteiger partial charge in [0, 0.05) is 0 Å². The molecule has 0 fully saturated rings. The van der Waals surface area contributed by atoms with Gasteiger partial charge in [0.15, 0.2) is 0 Å². The molecule has 0 heterocycles. The van der Waals surface area contributed by atoms with E-state index in [9.17, 15) is 0 Å². The highest BCUT2D eigenvalue weighted by Crippen LogP contribution is 2.56. The van der Waals surface area contributed by atoms with E-state index in [1.165, 1.54) is 0 Å². The van der Waals surface area contributed by atoms with E-state index in [0.717, 1.165) is 5.56 Å². The molecule has 1 aromatic carbocycles. The van der Waals surface area contributed by atoms with Crippen molar-refractivity contribution in [3.05, 3.63) is 40.7 Å². The van der Waals surface area contributed by atoms with E-state index < -0.39 is 6.63 Å². The predicted octanol–water partition coefficient (Wildman–Crippen LogP) is 5.01.